The van der Waals surface area contributed by atoms with Gasteiger partial charge in [0.2, 0.25) is 0 Å². The number of halogens is 1. The number of carbonyl (C=O) groups is 2. The molecule has 0 heterocycles. The number of hydrogen-bond donors (Lipinski definition) is 3. The summed E-state index contributed by atoms with van der Waals surface area (Å²) in [7, 11) is 0. The summed E-state index contributed by atoms with van der Waals surface area (Å²) < 4.78 is 1.02. The highest BCUT2D eigenvalue weighted by molar-refractivity contribution is 9.10. The first-order chi connectivity index (χ1) is 8.58. The van der Waals surface area contributed by atoms with Crippen molar-refractivity contribution < 1.29 is 14.7 Å². The van der Waals surface area contributed by atoms with Crippen LogP contribution in [0.15, 0.2) is 28.7 Å². The highest BCUT2D eigenvalue weighted by Crippen LogP contribution is 2.10. The summed E-state index contributed by atoms with van der Waals surface area (Å²) in [6, 6.07) is 7.51. The van der Waals surface area contributed by atoms with Crippen LogP contribution in [0.3, 0.4) is 0 Å². The van der Waals surface area contributed by atoms with Gasteiger partial charge in [-0.05, 0) is 24.1 Å². The molecule has 2 amide bonds. The van der Waals surface area contributed by atoms with Crippen LogP contribution in [0.5, 0.6) is 0 Å². The average Bonchev–Trinajstić information content (AvgIpc) is 2.31. The van der Waals surface area contributed by atoms with E-state index in [1.165, 1.54) is 0 Å². The van der Waals surface area contributed by atoms with Crippen molar-refractivity contribution in [1.82, 2.24) is 10.6 Å². The Kier molecular flexibility index (Phi) is 6.21. The Hall–Kier alpha value is -1.56. The smallest absolute Gasteiger partial charge is 0.314 e. The lowest BCUT2D eigenvalue weighted by Crippen LogP contribution is -2.37. The van der Waals surface area contributed by atoms with Crippen molar-refractivity contribution in [2.45, 2.75) is 12.8 Å². The van der Waals surface area contributed by atoms with Gasteiger partial charge >= 0.3 is 12.0 Å². The van der Waals surface area contributed by atoms with E-state index in [0.717, 1.165) is 16.5 Å². The number of hydrogen-bond acceptors (Lipinski definition) is 2. The molecular formula is C12H15BrN2O3. The van der Waals surface area contributed by atoms with Gasteiger partial charge in [-0.15, -0.1) is 0 Å². The molecule has 0 spiro atoms. The van der Waals surface area contributed by atoms with Crippen molar-refractivity contribution in [2.24, 2.45) is 0 Å². The highest BCUT2D eigenvalue weighted by atomic mass is 79.9. The van der Waals surface area contributed by atoms with E-state index in [1.54, 1.807) is 0 Å². The summed E-state index contributed by atoms with van der Waals surface area (Å²) in [6.45, 7) is 0.653. The molecule has 0 aliphatic heterocycles. The normalized spacial score (nSPS) is 9.83. The molecule has 0 bridgehead atoms. The van der Waals surface area contributed by atoms with Gasteiger partial charge in [0.15, 0.2) is 0 Å². The number of benzene rings is 1. The first kappa shape index (κ1) is 14.5. The Morgan fingerprint density at radius 2 is 1.72 bits per heavy atom. The molecule has 0 unspecified atom stereocenters. The summed E-state index contributed by atoms with van der Waals surface area (Å²) in [5.74, 6) is -0.926. The van der Waals surface area contributed by atoms with E-state index < -0.39 is 5.97 Å². The third-order valence-corrected chi connectivity index (χ3v) is 2.77. The molecule has 1 aromatic rings. The van der Waals surface area contributed by atoms with Crippen LogP contribution in [0, 0.1) is 0 Å². The van der Waals surface area contributed by atoms with Crippen molar-refractivity contribution in [1.29, 1.82) is 0 Å². The third kappa shape index (κ3) is 6.24. The number of urea groups is 1. The number of amides is 2. The fourth-order valence-electron chi connectivity index (χ4n) is 1.32. The maximum Gasteiger partial charge on any atom is 0.314 e. The van der Waals surface area contributed by atoms with Crippen LogP contribution in [-0.2, 0) is 11.2 Å². The number of carboxylic acids is 1. The molecular weight excluding hydrogens is 300 g/mol. The standard InChI is InChI=1S/C12H15BrN2O3/c13-10-3-1-9(2-4-10)5-7-14-12(18)15-8-6-11(16)17/h1-4H,5-8H2,(H,16,17)(H2,14,15,18). The number of rotatable bonds is 6. The van der Waals surface area contributed by atoms with Crippen molar-refractivity contribution in [3.05, 3.63) is 34.3 Å². The van der Waals surface area contributed by atoms with Crippen molar-refractivity contribution >= 4 is 27.9 Å². The molecule has 98 valence electrons. The highest BCUT2D eigenvalue weighted by Gasteiger charge is 2.01. The molecule has 6 heteroatoms. The van der Waals surface area contributed by atoms with Crippen LogP contribution in [0.4, 0.5) is 4.79 Å². The average molecular weight is 315 g/mol. The molecule has 0 fully saturated rings. The molecule has 0 aromatic heterocycles. The van der Waals surface area contributed by atoms with Gasteiger partial charge in [-0.3, -0.25) is 4.79 Å². The summed E-state index contributed by atoms with van der Waals surface area (Å²) in [5, 5.41) is 13.5. The van der Waals surface area contributed by atoms with Gasteiger partial charge in [-0.25, -0.2) is 4.79 Å². The van der Waals surface area contributed by atoms with Gasteiger partial charge < -0.3 is 15.7 Å². The molecule has 5 nitrogen and oxygen atoms in total. The lowest BCUT2D eigenvalue weighted by Gasteiger charge is -2.06. The molecule has 0 saturated heterocycles. The van der Waals surface area contributed by atoms with Gasteiger partial charge in [0.1, 0.15) is 0 Å². The number of aliphatic carboxylic acids is 1. The molecule has 1 aromatic carbocycles. The molecule has 0 aliphatic rings. The second kappa shape index (κ2) is 7.71. The molecule has 0 radical (unpaired) electrons. The van der Waals surface area contributed by atoms with Gasteiger partial charge in [0, 0.05) is 17.6 Å². The maximum absolute atomic E-state index is 11.2. The van der Waals surface area contributed by atoms with Crippen LogP contribution < -0.4 is 10.6 Å². The summed E-state index contributed by atoms with van der Waals surface area (Å²) in [5.41, 5.74) is 1.13. The SMILES string of the molecule is O=C(O)CCNC(=O)NCCc1ccc(Br)cc1. The van der Waals surface area contributed by atoms with Gasteiger partial charge in [0.25, 0.3) is 0 Å². The predicted octanol–water partition coefficient (Wildman–Crippen LogP) is 1.77. The zero-order chi connectivity index (χ0) is 13.4. The second-order valence-electron chi connectivity index (χ2n) is 3.70. The predicted molar refractivity (Wildman–Crippen MR) is 71.5 cm³/mol. The van der Waals surface area contributed by atoms with Crippen molar-refractivity contribution in [3.8, 4) is 0 Å². The monoisotopic (exact) mass is 314 g/mol. The minimum absolute atomic E-state index is 0.0693. The van der Waals surface area contributed by atoms with Gasteiger partial charge in [0.05, 0.1) is 6.42 Å². The zero-order valence-electron chi connectivity index (χ0n) is 9.78. The fraction of sp³-hybridized carbons (Fsp3) is 0.333. The Balaban J connectivity index is 2.15. The van der Waals surface area contributed by atoms with Crippen LogP contribution in [0.1, 0.15) is 12.0 Å². The Labute approximate surface area is 114 Å². The first-order valence-corrected chi connectivity index (χ1v) is 6.35. The first-order valence-electron chi connectivity index (χ1n) is 5.56. The van der Waals surface area contributed by atoms with E-state index in [9.17, 15) is 9.59 Å². The topological polar surface area (TPSA) is 78.4 Å². The zero-order valence-corrected chi connectivity index (χ0v) is 11.4. The van der Waals surface area contributed by atoms with E-state index in [-0.39, 0.29) is 19.0 Å². The second-order valence-corrected chi connectivity index (χ2v) is 4.62. The van der Waals surface area contributed by atoms with Crippen LogP contribution in [0.2, 0.25) is 0 Å². The molecule has 0 atom stereocenters. The van der Waals surface area contributed by atoms with E-state index in [1.807, 2.05) is 24.3 Å². The molecule has 1 rings (SSSR count). The third-order valence-electron chi connectivity index (χ3n) is 2.24. The van der Waals surface area contributed by atoms with E-state index >= 15 is 0 Å². The van der Waals surface area contributed by atoms with Gasteiger partial charge in [-0.1, -0.05) is 28.1 Å². The van der Waals surface area contributed by atoms with E-state index in [0.29, 0.717) is 6.54 Å². The summed E-state index contributed by atoms with van der Waals surface area (Å²) in [6.07, 6.45) is 0.666. The quantitative estimate of drug-likeness (QED) is 0.748. The lowest BCUT2D eigenvalue weighted by molar-refractivity contribution is -0.136. The molecule has 3 N–H and O–H groups in total. The van der Waals surface area contributed by atoms with Gasteiger partial charge in [-0.2, -0.15) is 0 Å². The minimum atomic E-state index is -0.926. The van der Waals surface area contributed by atoms with Crippen LogP contribution in [-0.4, -0.2) is 30.2 Å². The number of carboxylic acid groups (broad SMARTS) is 1. The Morgan fingerprint density at radius 1 is 1.11 bits per heavy atom. The molecule has 0 aliphatic carbocycles. The fourth-order valence-corrected chi connectivity index (χ4v) is 1.58. The Bertz CT molecular complexity index is 406. The number of carbonyl (C=O) groups excluding carboxylic acids is 1. The summed E-state index contributed by atoms with van der Waals surface area (Å²) >= 11 is 3.35. The molecule has 0 saturated carbocycles. The van der Waals surface area contributed by atoms with Crippen molar-refractivity contribution in [3.63, 3.8) is 0 Å². The largest absolute Gasteiger partial charge is 0.481 e. The summed E-state index contributed by atoms with van der Waals surface area (Å²) in [4.78, 5) is 21.5. The minimum Gasteiger partial charge on any atom is -0.481 e. The lowest BCUT2D eigenvalue weighted by atomic mass is 10.1. The number of nitrogens with one attached hydrogen (secondary N) is 2. The van der Waals surface area contributed by atoms with Crippen LogP contribution >= 0.6 is 15.9 Å². The van der Waals surface area contributed by atoms with Crippen molar-refractivity contribution in [2.75, 3.05) is 13.1 Å². The Morgan fingerprint density at radius 3 is 2.33 bits per heavy atom. The maximum atomic E-state index is 11.2. The van der Waals surface area contributed by atoms with E-state index in [2.05, 4.69) is 26.6 Å². The molecule has 18 heavy (non-hydrogen) atoms. The van der Waals surface area contributed by atoms with E-state index in [4.69, 9.17) is 5.11 Å². The van der Waals surface area contributed by atoms with Crippen LogP contribution in [0.25, 0.3) is 0 Å².